The van der Waals surface area contributed by atoms with E-state index in [0.717, 1.165) is 10.0 Å². The van der Waals surface area contributed by atoms with E-state index in [1.807, 2.05) is 13.0 Å². The van der Waals surface area contributed by atoms with Gasteiger partial charge < -0.3 is 9.47 Å². The molecule has 1 aromatic carbocycles. The second-order valence-corrected chi connectivity index (χ2v) is 6.26. The molecule has 0 aliphatic rings. The highest BCUT2D eigenvalue weighted by Gasteiger charge is 2.11. The predicted octanol–water partition coefficient (Wildman–Crippen LogP) is 2.00. The highest BCUT2D eigenvalue weighted by atomic mass is 79.9. The van der Waals surface area contributed by atoms with Crippen LogP contribution in [0, 0.1) is 6.92 Å². The first-order valence-electron chi connectivity index (χ1n) is 6.56. The van der Waals surface area contributed by atoms with Gasteiger partial charge in [-0.1, -0.05) is 15.9 Å². The lowest BCUT2D eigenvalue weighted by Crippen LogP contribution is -2.43. The van der Waals surface area contributed by atoms with E-state index in [0.29, 0.717) is 10.2 Å². The van der Waals surface area contributed by atoms with Crippen LogP contribution in [0.1, 0.15) is 18.4 Å². The van der Waals surface area contributed by atoms with Crippen LogP contribution in [0.2, 0.25) is 0 Å². The van der Waals surface area contributed by atoms with E-state index < -0.39 is 17.8 Å². The van der Waals surface area contributed by atoms with Crippen molar-refractivity contribution >= 4 is 49.6 Å². The number of carbonyl (C=O) groups excluding carboxylic acids is 3. The number of rotatable bonds is 6. The first kappa shape index (κ1) is 19.4. The minimum atomic E-state index is -0.523. The molecule has 0 aromatic heterocycles. The summed E-state index contributed by atoms with van der Waals surface area (Å²) in [5, 5.41) is 0. The molecule has 0 saturated heterocycles. The molecule has 1 rings (SSSR count). The van der Waals surface area contributed by atoms with Gasteiger partial charge in [-0.3, -0.25) is 25.2 Å². The fourth-order valence-electron chi connectivity index (χ4n) is 1.57. The van der Waals surface area contributed by atoms with Gasteiger partial charge in [0.25, 0.3) is 5.91 Å². The lowest BCUT2D eigenvalue weighted by Gasteiger charge is -2.12. The number of amides is 2. The fraction of sp³-hybridized carbons (Fsp3) is 0.357. The van der Waals surface area contributed by atoms with Crippen LogP contribution in [0.15, 0.2) is 21.1 Å². The van der Waals surface area contributed by atoms with Crippen molar-refractivity contribution in [3.8, 4) is 5.75 Å². The van der Waals surface area contributed by atoms with Crippen LogP contribution in [-0.4, -0.2) is 31.5 Å². The summed E-state index contributed by atoms with van der Waals surface area (Å²) in [4.78, 5) is 33.9. The highest BCUT2D eigenvalue weighted by molar-refractivity contribution is 9.11. The Bertz CT molecular complexity index is 584. The molecule has 0 aliphatic heterocycles. The van der Waals surface area contributed by atoms with Crippen LogP contribution in [0.4, 0.5) is 0 Å². The fourth-order valence-corrected chi connectivity index (χ4v) is 3.12. The maximum atomic E-state index is 11.6. The van der Waals surface area contributed by atoms with E-state index in [9.17, 15) is 14.4 Å². The number of esters is 1. The third kappa shape index (κ3) is 7.00. The van der Waals surface area contributed by atoms with E-state index in [-0.39, 0.29) is 19.4 Å². The Morgan fingerprint density at radius 3 is 2.35 bits per heavy atom. The molecule has 7 nitrogen and oxygen atoms in total. The zero-order chi connectivity index (χ0) is 17.4. The normalized spacial score (nSPS) is 9.91. The third-order valence-corrected chi connectivity index (χ3v) is 3.71. The standard InChI is InChI=1S/C14H16Br2N2O5/c1-8-5-9(15)6-10(16)14(8)23-7-12(20)18-17-11(19)3-4-13(21)22-2/h5-6H,3-4,7H2,1-2H3,(H,17,19)(H,18,20). The van der Waals surface area contributed by atoms with Crippen LogP contribution >= 0.6 is 31.9 Å². The molecule has 0 spiro atoms. The molecule has 23 heavy (non-hydrogen) atoms. The number of hydrogen-bond acceptors (Lipinski definition) is 5. The van der Waals surface area contributed by atoms with Crippen molar-refractivity contribution in [2.45, 2.75) is 19.8 Å². The second kappa shape index (κ2) is 9.51. The third-order valence-electron chi connectivity index (χ3n) is 2.67. The highest BCUT2D eigenvalue weighted by Crippen LogP contribution is 2.32. The van der Waals surface area contributed by atoms with E-state index in [2.05, 4.69) is 47.4 Å². The lowest BCUT2D eigenvalue weighted by molar-refractivity contribution is -0.142. The van der Waals surface area contributed by atoms with Gasteiger partial charge in [0, 0.05) is 10.9 Å². The number of ether oxygens (including phenoxy) is 2. The zero-order valence-electron chi connectivity index (χ0n) is 12.6. The number of aryl methyl sites for hydroxylation is 1. The topological polar surface area (TPSA) is 93.7 Å². The smallest absolute Gasteiger partial charge is 0.306 e. The Hall–Kier alpha value is -1.61. The molecule has 126 valence electrons. The number of benzene rings is 1. The number of halogens is 2. The van der Waals surface area contributed by atoms with Crippen molar-refractivity contribution in [3.05, 3.63) is 26.6 Å². The first-order valence-corrected chi connectivity index (χ1v) is 8.15. The maximum Gasteiger partial charge on any atom is 0.306 e. The molecular weight excluding hydrogens is 436 g/mol. The number of hydrazine groups is 1. The molecule has 2 N–H and O–H groups in total. The number of nitrogens with one attached hydrogen (secondary N) is 2. The van der Waals surface area contributed by atoms with Crippen LogP contribution in [0.3, 0.4) is 0 Å². The average molecular weight is 452 g/mol. The summed E-state index contributed by atoms with van der Waals surface area (Å²) in [6, 6.07) is 3.65. The van der Waals surface area contributed by atoms with Gasteiger partial charge in [-0.15, -0.1) is 0 Å². The summed E-state index contributed by atoms with van der Waals surface area (Å²) < 4.78 is 11.4. The predicted molar refractivity (Wildman–Crippen MR) is 89.6 cm³/mol. The van der Waals surface area contributed by atoms with Crippen molar-refractivity contribution in [1.29, 1.82) is 0 Å². The molecule has 0 heterocycles. The van der Waals surface area contributed by atoms with E-state index in [4.69, 9.17) is 4.74 Å². The minimum Gasteiger partial charge on any atom is -0.482 e. The number of methoxy groups -OCH3 is 1. The van der Waals surface area contributed by atoms with Gasteiger partial charge >= 0.3 is 5.97 Å². The largest absolute Gasteiger partial charge is 0.482 e. The SMILES string of the molecule is COC(=O)CCC(=O)NNC(=O)COc1c(C)cc(Br)cc1Br. The summed E-state index contributed by atoms with van der Waals surface area (Å²) in [6.07, 6.45) is -0.134. The molecule has 0 radical (unpaired) electrons. The van der Waals surface area contributed by atoms with Crippen molar-refractivity contribution in [3.63, 3.8) is 0 Å². The van der Waals surface area contributed by atoms with Gasteiger partial charge in [-0.05, 0) is 40.5 Å². The number of hydrogen-bond donors (Lipinski definition) is 2. The van der Waals surface area contributed by atoms with Crippen molar-refractivity contribution < 1.29 is 23.9 Å². The molecule has 0 bridgehead atoms. The van der Waals surface area contributed by atoms with Gasteiger partial charge in [-0.25, -0.2) is 0 Å². The summed E-state index contributed by atoms with van der Waals surface area (Å²) in [7, 11) is 1.24. The van der Waals surface area contributed by atoms with Gasteiger partial charge in [0.2, 0.25) is 5.91 Å². The molecule has 0 atom stereocenters. The van der Waals surface area contributed by atoms with Gasteiger partial charge in [0.15, 0.2) is 6.61 Å². The molecule has 0 saturated carbocycles. The van der Waals surface area contributed by atoms with E-state index in [1.165, 1.54) is 7.11 Å². The van der Waals surface area contributed by atoms with Crippen molar-refractivity contribution in [2.24, 2.45) is 0 Å². The number of carbonyl (C=O) groups is 3. The van der Waals surface area contributed by atoms with Crippen LogP contribution in [0.25, 0.3) is 0 Å². The molecule has 0 aliphatic carbocycles. The van der Waals surface area contributed by atoms with Gasteiger partial charge in [0.05, 0.1) is 18.0 Å². The maximum absolute atomic E-state index is 11.6. The molecule has 0 fully saturated rings. The van der Waals surface area contributed by atoms with Crippen LogP contribution in [0.5, 0.6) is 5.75 Å². The Morgan fingerprint density at radius 1 is 1.09 bits per heavy atom. The molecule has 1 aromatic rings. The monoisotopic (exact) mass is 450 g/mol. The molecule has 9 heteroatoms. The van der Waals surface area contributed by atoms with Gasteiger partial charge in [-0.2, -0.15) is 0 Å². The summed E-state index contributed by atoms with van der Waals surface area (Å²) in [6.45, 7) is 1.58. The van der Waals surface area contributed by atoms with Gasteiger partial charge in [0.1, 0.15) is 5.75 Å². The zero-order valence-corrected chi connectivity index (χ0v) is 15.7. The Labute approximate surface area is 150 Å². The molecule has 0 unspecified atom stereocenters. The summed E-state index contributed by atoms with van der Waals surface area (Å²) >= 11 is 6.70. The molecule has 2 amide bonds. The summed E-state index contributed by atoms with van der Waals surface area (Å²) in [5.41, 5.74) is 5.24. The first-order chi connectivity index (χ1) is 10.8. The van der Waals surface area contributed by atoms with Crippen LogP contribution in [-0.2, 0) is 19.1 Å². The Kier molecular flexibility index (Phi) is 8.04. The lowest BCUT2D eigenvalue weighted by atomic mass is 10.2. The minimum absolute atomic E-state index is 0.0558. The Balaban J connectivity index is 2.38. The van der Waals surface area contributed by atoms with E-state index >= 15 is 0 Å². The summed E-state index contributed by atoms with van der Waals surface area (Å²) in [5.74, 6) is -0.971. The van der Waals surface area contributed by atoms with E-state index in [1.54, 1.807) is 6.07 Å². The van der Waals surface area contributed by atoms with Crippen molar-refractivity contribution in [1.82, 2.24) is 10.9 Å². The second-order valence-electron chi connectivity index (χ2n) is 4.49. The quantitative estimate of drug-likeness (QED) is 0.509. The van der Waals surface area contributed by atoms with Crippen molar-refractivity contribution in [2.75, 3.05) is 13.7 Å². The Morgan fingerprint density at radius 2 is 1.74 bits per heavy atom. The molecular formula is C14H16Br2N2O5. The average Bonchev–Trinajstić information content (AvgIpc) is 2.49. The van der Waals surface area contributed by atoms with Crippen LogP contribution < -0.4 is 15.6 Å².